The molecule has 0 radical (unpaired) electrons. The second-order valence-corrected chi connectivity index (χ2v) is 9.91. The zero-order chi connectivity index (χ0) is 24.1. The molecular formula is C21H22BClNO8P. The van der Waals surface area contributed by atoms with Gasteiger partial charge in [0, 0.05) is 35.7 Å². The Kier molecular flexibility index (Phi) is 6.35. The number of halogens is 1. The molecular weight excluding hydrogens is 471 g/mol. The molecule has 1 unspecified atom stereocenters. The van der Waals surface area contributed by atoms with Crippen LogP contribution in [0.25, 0.3) is 22.3 Å². The Labute approximate surface area is 194 Å². The van der Waals surface area contributed by atoms with Crippen LogP contribution in [-0.4, -0.2) is 59.0 Å². The molecule has 0 saturated carbocycles. The summed E-state index contributed by atoms with van der Waals surface area (Å²) in [5, 5.41) is 21.8. The van der Waals surface area contributed by atoms with Crippen molar-refractivity contribution in [3.05, 3.63) is 57.2 Å². The number of likely N-dealkylation sites (N-methyl/N-ethyl adjacent to an activating group) is 1. The van der Waals surface area contributed by atoms with Gasteiger partial charge in [-0.3, -0.25) is 14.6 Å². The maximum Gasteiger partial charge on any atom is 0.524 e. The molecule has 2 aromatic carbocycles. The van der Waals surface area contributed by atoms with E-state index in [0.717, 1.165) is 12.1 Å². The Bertz CT molecular complexity index is 1310. The van der Waals surface area contributed by atoms with Crippen LogP contribution in [0.5, 0.6) is 11.5 Å². The zero-order valence-electron chi connectivity index (χ0n) is 17.8. The van der Waals surface area contributed by atoms with Gasteiger partial charge in [-0.15, -0.1) is 0 Å². The lowest BCUT2D eigenvalue weighted by molar-refractivity contribution is 0.0637. The number of likely N-dealkylation sites (tertiary alicyclic amines) is 1. The Morgan fingerprint density at radius 2 is 1.94 bits per heavy atom. The molecule has 3 aromatic rings. The van der Waals surface area contributed by atoms with Gasteiger partial charge in [0.2, 0.25) is 0 Å². The molecule has 1 aliphatic rings. The molecule has 1 aromatic heterocycles. The van der Waals surface area contributed by atoms with Crippen molar-refractivity contribution in [1.29, 1.82) is 0 Å². The van der Waals surface area contributed by atoms with E-state index in [4.69, 9.17) is 20.5 Å². The highest BCUT2D eigenvalue weighted by molar-refractivity contribution is 7.46. The quantitative estimate of drug-likeness (QED) is 0.318. The van der Waals surface area contributed by atoms with Crippen molar-refractivity contribution < 1.29 is 33.5 Å². The molecule has 0 bridgehead atoms. The summed E-state index contributed by atoms with van der Waals surface area (Å²) in [6.45, 7) is 0.933. The number of piperidine rings is 1. The highest BCUT2D eigenvalue weighted by Gasteiger charge is 2.38. The van der Waals surface area contributed by atoms with E-state index >= 15 is 0 Å². The van der Waals surface area contributed by atoms with E-state index in [-0.39, 0.29) is 28.1 Å². The zero-order valence-corrected chi connectivity index (χ0v) is 19.5. The van der Waals surface area contributed by atoms with Gasteiger partial charge in [-0.25, -0.2) is 4.57 Å². The smallest absolute Gasteiger partial charge is 0.507 e. The normalized spacial score (nSPS) is 21.9. The van der Waals surface area contributed by atoms with Gasteiger partial charge in [0.05, 0.1) is 11.1 Å². The number of aliphatic hydroxyl groups is 1. The fourth-order valence-electron chi connectivity index (χ4n) is 4.59. The molecule has 2 heterocycles. The number of phenols is 1. The van der Waals surface area contributed by atoms with Crippen LogP contribution in [0, 0.1) is 0 Å². The van der Waals surface area contributed by atoms with Gasteiger partial charge in [0.15, 0.2) is 5.43 Å². The topological polar surface area (TPSA) is 141 Å². The summed E-state index contributed by atoms with van der Waals surface area (Å²) in [7, 11) is -1.30. The first-order valence-electron chi connectivity index (χ1n) is 10.2. The number of β-amino-alcohol motifs (C(OH)–C–C–N with tert-alkyl or cyclic N) is 1. The van der Waals surface area contributed by atoms with Crippen LogP contribution in [0.2, 0.25) is 10.8 Å². The summed E-state index contributed by atoms with van der Waals surface area (Å²) >= 11 is 6.28. The first-order valence-corrected chi connectivity index (χ1v) is 12.1. The number of hydrogen-bond donors (Lipinski definition) is 4. The second-order valence-electron chi connectivity index (χ2n) is 8.34. The van der Waals surface area contributed by atoms with Crippen LogP contribution >= 0.6 is 19.4 Å². The van der Waals surface area contributed by atoms with Gasteiger partial charge < -0.3 is 24.1 Å². The number of phenolic OH excluding ortho intramolecular Hbond substituents is 1. The highest BCUT2D eigenvalue weighted by atomic mass is 35.5. The Morgan fingerprint density at radius 3 is 2.58 bits per heavy atom. The average molecular weight is 494 g/mol. The van der Waals surface area contributed by atoms with E-state index in [2.05, 4.69) is 0 Å². The Balaban J connectivity index is 2.06. The molecule has 9 nitrogen and oxygen atoms in total. The fourth-order valence-corrected chi connectivity index (χ4v) is 5.22. The van der Waals surface area contributed by atoms with Crippen molar-refractivity contribution in [3.63, 3.8) is 0 Å². The maximum absolute atomic E-state index is 13.2. The molecule has 174 valence electrons. The average Bonchev–Trinajstić information content (AvgIpc) is 2.68. The molecule has 1 fully saturated rings. The molecule has 1 saturated heterocycles. The number of benzene rings is 2. The number of phosphoric ester groups is 1. The summed E-state index contributed by atoms with van der Waals surface area (Å²) in [5.74, 6) is -1.59. The van der Waals surface area contributed by atoms with E-state index in [0.29, 0.717) is 23.7 Å². The van der Waals surface area contributed by atoms with Crippen LogP contribution in [0.4, 0.5) is 0 Å². The van der Waals surface area contributed by atoms with Gasteiger partial charge >= 0.3 is 7.82 Å². The molecule has 33 heavy (non-hydrogen) atoms. The van der Waals surface area contributed by atoms with E-state index in [1.165, 1.54) is 0 Å². The number of aliphatic hydroxyl groups excluding tert-OH is 1. The molecule has 12 heteroatoms. The molecule has 0 spiro atoms. The SMILES string of the molecule is BC1CN(C)C[C@@H](O)[C@H]1c1c(O)cc(OP(=O)(O)O)c2c(=O)cc(-c3ccccc3Cl)oc12. The van der Waals surface area contributed by atoms with Crippen LogP contribution in [-0.2, 0) is 4.57 Å². The van der Waals surface area contributed by atoms with Crippen molar-refractivity contribution in [1.82, 2.24) is 4.90 Å². The fraction of sp³-hybridized carbons (Fsp3) is 0.286. The minimum absolute atomic E-state index is 0.0992. The lowest BCUT2D eigenvalue weighted by Gasteiger charge is -2.39. The standard InChI is InChI=1S/C21H22BClNO8P/c1-24-8-11(22)18(15(27)9-24)20-14(26)7-17(32-33(28,29)30)19-13(25)6-16(31-21(19)20)10-4-2-3-5-12(10)23/h2-7,11,15,18,26-27H,8-9,22H2,1H3,(H2,28,29,30)/t11?,15-,18+/m1/s1. The van der Waals surface area contributed by atoms with Crippen molar-refractivity contribution in [2.45, 2.75) is 17.8 Å². The number of phosphoric acid groups is 1. The molecule has 0 amide bonds. The Morgan fingerprint density at radius 1 is 1.24 bits per heavy atom. The third-order valence-electron chi connectivity index (χ3n) is 5.80. The Hall–Kier alpha value is -2.33. The number of hydrogen-bond acceptors (Lipinski definition) is 7. The summed E-state index contributed by atoms with van der Waals surface area (Å²) in [6, 6.07) is 8.81. The molecule has 0 aliphatic carbocycles. The van der Waals surface area contributed by atoms with Crippen molar-refractivity contribution >= 4 is 38.2 Å². The van der Waals surface area contributed by atoms with E-state index in [1.807, 2.05) is 19.8 Å². The number of aromatic hydroxyl groups is 1. The molecule has 3 atom stereocenters. The van der Waals surface area contributed by atoms with Crippen molar-refractivity contribution in [2.75, 3.05) is 20.1 Å². The van der Waals surface area contributed by atoms with Crippen LogP contribution in [0.15, 0.2) is 45.6 Å². The molecule has 4 N–H and O–H groups in total. The van der Waals surface area contributed by atoms with E-state index < -0.39 is 36.8 Å². The minimum atomic E-state index is -5.06. The van der Waals surface area contributed by atoms with Crippen LogP contribution in [0.3, 0.4) is 0 Å². The summed E-state index contributed by atoms with van der Waals surface area (Å²) in [6.07, 6.45) is -0.893. The lowest BCUT2D eigenvalue weighted by Crippen LogP contribution is -2.44. The van der Waals surface area contributed by atoms with Gasteiger partial charge in [0.1, 0.15) is 36.1 Å². The van der Waals surface area contributed by atoms with Gasteiger partial charge in [-0.2, -0.15) is 0 Å². The predicted octanol–water partition coefficient (Wildman–Crippen LogP) is 2.10. The molecule has 1 aliphatic heterocycles. The lowest BCUT2D eigenvalue weighted by atomic mass is 9.68. The molecule has 4 rings (SSSR count). The summed E-state index contributed by atoms with van der Waals surface area (Å²) in [5.41, 5.74) is -0.184. The number of fused-ring (bicyclic) bond motifs is 1. The largest absolute Gasteiger partial charge is 0.524 e. The third kappa shape index (κ3) is 4.68. The van der Waals surface area contributed by atoms with Gasteiger partial charge in [-0.1, -0.05) is 23.7 Å². The second kappa shape index (κ2) is 8.79. The van der Waals surface area contributed by atoms with Gasteiger partial charge in [0.25, 0.3) is 0 Å². The van der Waals surface area contributed by atoms with E-state index in [1.54, 1.807) is 24.3 Å². The predicted molar refractivity (Wildman–Crippen MR) is 126 cm³/mol. The highest BCUT2D eigenvalue weighted by Crippen LogP contribution is 2.48. The first kappa shape index (κ1) is 23.8. The first-order chi connectivity index (χ1) is 15.5. The maximum atomic E-state index is 13.2. The van der Waals surface area contributed by atoms with E-state index in [9.17, 15) is 29.4 Å². The summed E-state index contributed by atoms with van der Waals surface area (Å²) < 4.78 is 22.3. The summed E-state index contributed by atoms with van der Waals surface area (Å²) in [4.78, 5) is 33.8. The third-order valence-corrected chi connectivity index (χ3v) is 6.56. The number of nitrogens with zero attached hydrogens (tertiary/aromatic N) is 1. The minimum Gasteiger partial charge on any atom is -0.507 e. The van der Waals surface area contributed by atoms with Gasteiger partial charge in [-0.05, 0) is 31.5 Å². The van der Waals surface area contributed by atoms with Crippen molar-refractivity contribution in [3.8, 4) is 22.8 Å². The van der Waals surface area contributed by atoms with Crippen molar-refractivity contribution in [2.24, 2.45) is 0 Å². The number of rotatable bonds is 4. The van der Waals surface area contributed by atoms with Crippen LogP contribution in [0.1, 0.15) is 11.5 Å². The monoisotopic (exact) mass is 493 g/mol. The van der Waals surface area contributed by atoms with Crippen LogP contribution < -0.4 is 9.95 Å².